The topological polar surface area (TPSA) is 290 Å². The second-order valence-electron chi connectivity index (χ2n) is 35.9. The first-order valence-electron chi connectivity index (χ1n) is 36.8. The van der Waals surface area contributed by atoms with Gasteiger partial charge in [0.1, 0.15) is 32.5 Å². The maximum Gasteiger partial charge on any atom is 0.242 e. The highest BCUT2D eigenvalue weighted by atomic mass is 16.5. The van der Waals surface area contributed by atoms with Crippen LogP contribution in [0.3, 0.4) is 0 Å². The van der Waals surface area contributed by atoms with E-state index < -0.39 is 5.60 Å². The predicted molar refractivity (Wildman–Crippen MR) is 414 cm³/mol. The molecule has 0 unspecified atom stereocenters. The molecule has 9 heterocycles. The van der Waals surface area contributed by atoms with Gasteiger partial charge in [0, 0.05) is 96.2 Å². The third-order valence-electron chi connectivity index (χ3n) is 15.0. The van der Waals surface area contributed by atoms with Gasteiger partial charge in [-0.15, -0.1) is 25.5 Å². The van der Waals surface area contributed by atoms with Gasteiger partial charge in [-0.1, -0.05) is 15.6 Å². The summed E-state index contributed by atoms with van der Waals surface area (Å²) in [6.07, 6.45) is 8.57. The summed E-state index contributed by atoms with van der Waals surface area (Å²) in [4.78, 5) is 17.6. The maximum absolute atomic E-state index is 9.41. The van der Waals surface area contributed by atoms with Crippen LogP contribution in [-0.4, -0.2) is 251 Å². The van der Waals surface area contributed by atoms with Gasteiger partial charge in [0.05, 0.1) is 115 Å². The number of nitrogens with zero attached hydrogens (tertiary/aromatic N) is 21. The molecule has 3 aliphatic heterocycles. The van der Waals surface area contributed by atoms with Crippen molar-refractivity contribution < 1.29 is 42.7 Å². The molecule has 9 rings (SSSR count). The zero-order valence-corrected chi connectivity index (χ0v) is 72.4. The quantitative estimate of drug-likeness (QED) is 0.0999. The Morgan fingerprint density at radius 2 is 1.03 bits per heavy atom. The van der Waals surface area contributed by atoms with Crippen LogP contribution in [-0.2, 0) is 93.8 Å². The van der Waals surface area contributed by atoms with Gasteiger partial charge in [-0.3, -0.25) is 28.7 Å². The number of morpholine rings is 1. The van der Waals surface area contributed by atoms with Gasteiger partial charge < -0.3 is 47.6 Å². The van der Waals surface area contributed by atoms with E-state index in [2.05, 4.69) is 157 Å². The third-order valence-corrected chi connectivity index (χ3v) is 15.0. The van der Waals surface area contributed by atoms with Crippen LogP contribution in [0.1, 0.15) is 234 Å². The summed E-state index contributed by atoms with van der Waals surface area (Å²) in [6, 6.07) is 0.786. The Hall–Kier alpha value is -5.64. The van der Waals surface area contributed by atoms with E-state index in [1.165, 1.54) is 19.4 Å². The number of likely N-dealkylation sites (tertiary alicyclic amines) is 2. The lowest BCUT2D eigenvalue weighted by Crippen LogP contribution is -2.65. The van der Waals surface area contributed by atoms with Gasteiger partial charge in [-0.25, -0.2) is 19.3 Å². The zero-order chi connectivity index (χ0) is 80.8. The van der Waals surface area contributed by atoms with Crippen LogP contribution in [0.4, 0.5) is 0 Å². The normalized spacial score (nSPS) is 15.5. The monoisotopic (exact) mass is 1490 g/mol. The molecule has 6 aromatic rings. The summed E-state index contributed by atoms with van der Waals surface area (Å²) >= 11 is 0. The first-order chi connectivity index (χ1) is 47.7. The molecule has 0 atom stereocenters. The fraction of sp³-hybridized carbons (Fsp3) is 0.840. The van der Waals surface area contributed by atoms with E-state index in [0.29, 0.717) is 62.5 Å². The standard InChI is InChI=1S/2C9H17N3O.C9H20N2.3C8H15N3O.C8H14N2O2.2C8H17NO/c1-8-7-12(11-10-8)5-6-13-9(2,3)4;1-8-7-10-11-12(8)5-6-13-9(2,3)4;1-9(2,3)11-6-8(7-11)10(4)5;1-8(2,3)12-5-7-9-6-11(4)10-7;1-8(2,3)12-5-7-9-6-10-11(7)4;1-8(2,3)12-6-7-5-9-10-11(7)4;1-6-9-10-7(12-6)5-11-8(2,3)4;1-7(2,3)9-5-8(4,10)6-9;1-8(2,3)9-4-6-10-7-5-9/h2*7H,5-6H2,1-4H3;8H,6-7H2,1-5H3;2*6H,5H2,1-4H3;5H,6H2,1-4H3;5H2,1-4H3;10H,5-6H2,1-4H3;4-7H2,1-3H3. The van der Waals surface area contributed by atoms with Crippen LogP contribution >= 0.6 is 0 Å². The van der Waals surface area contributed by atoms with E-state index in [4.69, 9.17) is 37.6 Å². The summed E-state index contributed by atoms with van der Waals surface area (Å²) in [7, 11) is 9.87. The van der Waals surface area contributed by atoms with E-state index in [0.717, 1.165) is 87.3 Å². The Kier molecular flexibility index (Phi) is 40.4. The fourth-order valence-electron chi connectivity index (χ4n) is 8.60. The van der Waals surface area contributed by atoms with Crippen LogP contribution in [0.15, 0.2) is 35.7 Å². The van der Waals surface area contributed by atoms with Crippen LogP contribution in [0.25, 0.3) is 0 Å². The summed E-state index contributed by atoms with van der Waals surface area (Å²) < 4.78 is 52.2. The van der Waals surface area contributed by atoms with Crippen molar-refractivity contribution in [3.05, 3.63) is 71.8 Å². The molecule has 0 bridgehead atoms. The van der Waals surface area contributed by atoms with Crippen LogP contribution in [0, 0.1) is 20.8 Å². The number of rotatable bonds is 15. The first kappa shape index (κ1) is 97.4. The van der Waals surface area contributed by atoms with Gasteiger partial charge in [0.15, 0.2) is 11.6 Å². The molecule has 0 aromatic carbocycles. The predicted octanol–water partition coefficient (Wildman–Crippen LogP) is 10.9. The molecule has 0 aliphatic carbocycles. The molecule has 0 amide bonds. The minimum atomic E-state index is -0.423. The number of likely N-dealkylation sites (N-methyl/N-ethyl adjacent to an activating group) is 1. The molecule has 30 heteroatoms. The third kappa shape index (κ3) is 48.4. The second kappa shape index (κ2) is 43.5. The molecule has 6 aromatic heterocycles. The lowest BCUT2D eigenvalue weighted by Gasteiger charge is -2.51. The number of aromatic nitrogens is 17. The van der Waals surface area contributed by atoms with E-state index in [1.54, 1.807) is 44.4 Å². The second-order valence-corrected chi connectivity index (χ2v) is 35.9. The summed E-state index contributed by atoms with van der Waals surface area (Å²) in [5, 5.41) is 48.0. The molecular formula is C75H147N21O9. The van der Waals surface area contributed by atoms with Crippen molar-refractivity contribution in [1.82, 2.24) is 104 Å². The molecular weight excluding hydrogens is 1340 g/mol. The maximum atomic E-state index is 9.41. The van der Waals surface area contributed by atoms with Crippen LogP contribution in [0.5, 0.6) is 0 Å². The highest BCUT2D eigenvalue weighted by molar-refractivity contribution is 4.97. The summed E-state index contributed by atoms with van der Waals surface area (Å²) in [5.41, 5.74) is 2.83. The first-order valence-corrected chi connectivity index (χ1v) is 36.8. The number of aliphatic hydroxyl groups is 1. The number of hydrogen-bond donors (Lipinski definition) is 1. The highest BCUT2D eigenvalue weighted by Gasteiger charge is 2.41. The highest BCUT2D eigenvalue weighted by Crippen LogP contribution is 2.28. The zero-order valence-electron chi connectivity index (χ0n) is 72.4. The smallest absolute Gasteiger partial charge is 0.242 e. The molecule has 3 fully saturated rings. The minimum absolute atomic E-state index is 0.0738. The lowest BCUT2D eigenvalue weighted by atomic mass is 9.90. The number of aryl methyl sites for hydroxylation is 6. The molecule has 3 aliphatic rings. The number of hydrogen-bond acceptors (Lipinski definition) is 25. The average Bonchev–Trinajstić information content (AvgIpc) is 1.56. The molecule has 1 N–H and O–H groups in total. The van der Waals surface area contributed by atoms with Crippen molar-refractivity contribution in [3.63, 3.8) is 0 Å². The molecule has 0 saturated carbocycles. The van der Waals surface area contributed by atoms with Crippen molar-refractivity contribution in [2.24, 2.45) is 21.1 Å². The van der Waals surface area contributed by atoms with Crippen LogP contribution in [0.2, 0.25) is 0 Å². The van der Waals surface area contributed by atoms with E-state index in [-0.39, 0.29) is 39.1 Å². The lowest BCUT2D eigenvalue weighted by molar-refractivity contribution is -0.119. The molecule has 606 valence electrons. The fourth-order valence-corrected chi connectivity index (χ4v) is 8.60. The van der Waals surface area contributed by atoms with Crippen molar-refractivity contribution in [2.75, 3.05) is 79.8 Å². The molecule has 0 spiro atoms. The van der Waals surface area contributed by atoms with Gasteiger partial charge in [-0.2, -0.15) is 10.2 Å². The van der Waals surface area contributed by atoms with Gasteiger partial charge in [0.2, 0.25) is 11.8 Å². The molecule has 0 radical (unpaired) electrons. The Morgan fingerprint density at radius 1 is 0.543 bits per heavy atom. The molecule has 105 heavy (non-hydrogen) atoms. The molecule has 3 saturated heterocycles. The van der Waals surface area contributed by atoms with Crippen molar-refractivity contribution in [2.45, 2.75) is 316 Å². The van der Waals surface area contributed by atoms with Gasteiger partial charge >= 0.3 is 0 Å². The van der Waals surface area contributed by atoms with Crippen molar-refractivity contribution in [1.29, 1.82) is 0 Å². The van der Waals surface area contributed by atoms with E-state index >= 15 is 0 Å². The number of β-amino-alcohol motifs (C(OH)–C–C–N with tert-alkyl or cyclic N) is 1. The average molecular weight is 1490 g/mol. The van der Waals surface area contributed by atoms with E-state index in [1.807, 2.05) is 177 Å². The van der Waals surface area contributed by atoms with Crippen LogP contribution < -0.4 is 0 Å². The minimum Gasteiger partial charge on any atom is -0.423 e. The van der Waals surface area contributed by atoms with Gasteiger partial charge in [-0.05, 0) is 222 Å². The summed E-state index contributed by atoms with van der Waals surface area (Å²) in [5.74, 6) is 2.68. The number of ether oxygens (including phenoxy) is 7. The Balaban J connectivity index is 0.000000591. The Bertz CT molecular complexity index is 3100. The Morgan fingerprint density at radius 3 is 1.39 bits per heavy atom. The Labute approximate surface area is 633 Å². The van der Waals surface area contributed by atoms with Crippen molar-refractivity contribution in [3.8, 4) is 0 Å². The molecule has 30 nitrogen and oxygen atoms in total. The largest absolute Gasteiger partial charge is 0.423 e. The van der Waals surface area contributed by atoms with Gasteiger partial charge in [0.25, 0.3) is 0 Å². The van der Waals surface area contributed by atoms with E-state index in [9.17, 15) is 5.11 Å². The SMILES string of the molecule is CC(C)(C)N1CCOCC1.CC1(O)CN(C(C)(C)C)C1.CN(C)C1CN(C(C)(C)C)C1.Cc1cn(CCOC(C)(C)C)nn1.Cc1cnnn1CCOC(C)(C)C.Cc1nnc(COC(C)(C)C)o1.Cn1cnc(COC(C)(C)C)n1.Cn1ncnc1COC(C)(C)C.Cn1nncc1COC(C)(C)C. The van der Waals surface area contributed by atoms with Crippen molar-refractivity contribution >= 4 is 0 Å². The summed E-state index contributed by atoms with van der Waals surface area (Å²) in [6.45, 7) is 76.9.